The highest BCUT2D eigenvalue weighted by Gasteiger charge is 2.28. The molecule has 3 nitrogen and oxygen atoms in total. The maximum absolute atomic E-state index is 8.75. The van der Waals surface area contributed by atoms with Crippen LogP contribution in [0.3, 0.4) is 0 Å². The monoisotopic (exact) mass is 201 g/mol. The number of aliphatic hydroxyl groups excluding tert-OH is 2. The van der Waals surface area contributed by atoms with Gasteiger partial charge in [-0.25, -0.2) is 0 Å². The van der Waals surface area contributed by atoms with Crippen molar-refractivity contribution in [2.24, 2.45) is 11.7 Å². The smallest absolute Gasteiger partial charge is 0.0799 e. The van der Waals surface area contributed by atoms with E-state index in [1.54, 1.807) is 0 Å². The van der Waals surface area contributed by atoms with Gasteiger partial charge in [0, 0.05) is 6.04 Å². The Hall–Kier alpha value is -0.120. The molecule has 0 spiro atoms. The minimum absolute atomic E-state index is 0.0648. The van der Waals surface area contributed by atoms with Crippen molar-refractivity contribution in [1.82, 2.24) is 0 Å². The minimum atomic E-state index is -0.431. The quantitative estimate of drug-likeness (QED) is 0.625. The second kappa shape index (κ2) is 6.38. The summed E-state index contributed by atoms with van der Waals surface area (Å²) in [6.07, 6.45) is 8.43. The van der Waals surface area contributed by atoms with Gasteiger partial charge in [-0.15, -0.1) is 0 Å². The van der Waals surface area contributed by atoms with Crippen molar-refractivity contribution in [3.63, 3.8) is 0 Å². The summed E-state index contributed by atoms with van der Waals surface area (Å²) in [5, 5.41) is 17.0. The molecule has 2 fully saturated rings. The molecule has 14 heavy (non-hydrogen) atoms. The maximum Gasteiger partial charge on any atom is 0.0799 e. The Morgan fingerprint density at radius 1 is 1.07 bits per heavy atom. The fourth-order valence-electron chi connectivity index (χ4n) is 1.76. The fraction of sp³-hybridized carbons (Fsp3) is 1.00. The third kappa shape index (κ3) is 4.94. The molecule has 0 aromatic carbocycles. The van der Waals surface area contributed by atoms with Gasteiger partial charge in [0.15, 0.2) is 0 Å². The number of hydrogen-bond donors (Lipinski definition) is 3. The van der Waals surface area contributed by atoms with Gasteiger partial charge in [0.2, 0.25) is 0 Å². The largest absolute Gasteiger partial charge is 0.394 e. The van der Waals surface area contributed by atoms with E-state index in [9.17, 15) is 0 Å². The molecule has 0 bridgehead atoms. The van der Waals surface area contributed by atoms with Crippen molar-refractivity contribution in [1.29, 1.82) is 0 Å². The summed E-state index contributed by atoms with van der Waals surface area (Å²) < 4.78 is 0. The predicted octanol–water partition coefficient (Wildman–Crippen LogP) is 1.03. The Kier molecular flexibility index (Phi) is 5.45. The molecule has 0 aliphatic heterocycles. The van der Waals surface area contributed by atoms with E-state index in [0.717, 1.165) is 12.8 Å². The molecule has 1 atom stereocenters. The summed E-state index contributed by atoms with van der Waals surface area (Å²) in [6.45, 7) is -0.0648. The van der Waals surface area contributed by atoms with Gasteiger partial charge in [0.05, 0.1) is 12.7 Å². The molecule has 2 saturated carbocycles. The fourth-order valence-corrected chi connectivity index (χ4v) is 1.76. The normalized spacial score (nSPS) is 25.1. The van der Waals surface area contributed by atoms with Gasteiger partial charge >= 0.3 is 0 Å². The van der Waals surface area contributed by atoms with Crippen molar-refractivity contribution in [3.8, 4) is 0 Å². The maximum atomic E-state index is 8.75. The zero-order chi connectivity index (χ0) is 10.4. The van der Waals surface area contributed by atoms with Crippen LogP contribution in [0.4, 0.5) is 0 Å². The lowest BCUT2D eigenvalue weighted by Crippen LogP contribution is -2.22. The second-order valence-electron chi connectivity index (χ2n) is 4.49. The standard InChI is InChI=1S/C6H13N.C5H10O2/c7-6-4-2-1-3-5-6;6-3-5(7)4-1-2-4/h6H,1-5,7H2;4-7H,1-3H2. The van der Waals surface area contributed by atoms with Crippen LogP contribution in [0.5, 0.6) is 0 Å². The Morgan fingerprint density at radius 3 is 1.86 bits per heavy atom. The van der Waals surface area contributed by atoms with Gasteiger partial charge in [-0.1, -0.05) is 19.3 Å². The first kappa shape index (κ1) is 12.0. The van der Waals surface area contributed by atoms with Crippen LogP contribution < -0.4 is 5.73 Å². The van der Waals surface area contributed by atoms with Crippen LogP contribution in [0.15, 0.2) is 0 Å². The number of hydrogen-bond acceptors (Lipinski definition) is 3. The molecular weight excluding hydrogens is 178 g/mol. The van der Waals surface area contributed by atoms with Crippen molar-refractivity contribution in [3.05, 3.63) is 0 Å². The van der Waals surface area contributed by atoms with E-state index in [-0.39, 0.29) is 6.61 Å². The van der Waals surface area contributed by atoms with Gasteiger partial charge in [-0.3, -0.25) is 0 Å². The van der Waals surface area contributed by atoms with Crippen LogP contribution in [0.25, 0.3) is 0 Å². The highest BCUT2D eigenvalue weighted by atomic mass is 16.3. The molecule has 4 N–H and O–H groups in total. The van der Waals surface area contributed by atoms with Crippen LogP contribution in [0, 0.1) is 5.92 Å². The zero-order valence-corrected chi connectivity index (χ0v) is 8.86. The van der Waals surface area contributed by atoms with Crippen LogP contribution in [-0.2, 0) is 0 Å². The van der Waals surface area contributed by atoms with Crippen LogP contribution in [0.2, 0.25) is 0 Å². The molecule has 0 radical (unpaired) electrons. The molecule has 2 rings (SSSR count). The molecule has 0 saturated heterocycles. The molecule has 2 aliphatic carbocycles. The SMILES string of the molecule is NC1CCCCC1.OCC(O)C1CC1. The van der Waals surface area contributed by atoms with Crippen molar-refractivity contribution in [2.75, 3.05) is 6.61 Å². The lowest BCUT2D eigenvalue weighted by atomic mass is 9.97. The van der Waals surface area contributed by atoms with Gasteiger partial charge < -0.3 is 15.9 Å². The molecule has 1 unspecified atom stereocenters. The third-order valence-corrected chi connectivity index (χ3v) is 3.00. The van der Waals surface area contributed by atoms with E-state index in [1.807, 2.05) is 0 Å². The topological polar surface area (TPSA) is 66.5 Å². The molecular formula is C11H23NO2. The first-order chi connectivity index (χ1) is 6.74. The lowest BCUT2D eigenvalue weighted by molar-refractivity contribution is 0.0781. The van der Waals surface area contributed by atoms with Crippen molar-refractivity contribution >= 4 is 0 Å². The Morgan fingerprint density at radius 2 is 1.64 bits per heavy atom. The Bertz CT molecular complexity index is 142. The van der Waals surface area contributed by atoms with Gasteiger partial charge in [0.1, 0.15) is 0 Å². The van der Waals surface area contributed by atoms with E-state index in [4.69, 9.17) is 15.9 Å². The van der Waals surface area contributed by atoms with E-state index in [2.05, 4.69) is 0 Å². The first-order valence-corrected chi connectivity index (χ1v) is 5.78. The highest BCUT2D eigenvalue weighted by Crippen LogP contribution is 2.31. The van der Waals surface area contributed by atoms with Crippen LogP contribution in [-0.4, -0.2) is 29.0 Å². The van der Waals surface area contributed by atoms with Gasteiger partial charge in [-0.2, -0.15) is 0 Å². The summed E-state index contributed by atoms with van der Waals surface area (Å²) in [5.41, 5.74) is 5.63. The van der Waals surface area contributed by atoms with Crippen molar-refractivity contribution in [2.45, 2.75) is 57.1 Å². The van der Waals surface area contributed by atoms with Gasteiger partial charge in [0.25, 0.3) is 0 Å². The minimum Gasteiger partial charge on any atom is -0.394 e. The summed E-state index contributed by atoms with van der Waals surface area (Å²) >= 11 is 0. The third-order valence-electron chi connectivity index (χ3n) is 3.00. The van der Waals surface area contributed by atoms with Crippen LogP contribution in [0.1, 0.15) is 44.9 Å². The molecule has 0 aromatic heterocycles. The Labute approximate surface area is 86.3 Å². The summed E-state index contributed by atoms with van der Waals surface area (Å²) in [5.74, 6) is 0.421. The summed E-state index contributed by atoms with van der Waals surface area (Å²) in [4.78, 5) is 0. The highest BCUT2D eigenvalue weighted by molar-refractivity contribution is 4.79. The van der Waals surface area contributed by atoms with E-state index in [0.29, 0.717) is 12.0 Å². The molecule has 84 valence electrons. The Balaban J connectivity index is 0.000000140. The van der Waals surface area contributed by atoms with E-state index >= 15 is 0 Å². The predicted molar refractivity (Wildman–Crippen MR) is 56.9 cm³/mol. The average molecular weight is 201 g/mol. The van der Waals surface area contributed by atoms with E-state index < -0.39 is 6.10 Å². The first-order valence-electron chi connectivity index (χ1n) is 5.78. The number of aliphatic hydroxyl groups is 2. The molecule has 0 amide bonds. The summed E-state index contributed by atoms with van der Waals surface area (Å²) in [7, 11) is 0. The van der Waals surface area contributed by atoms with Crippen molar-refractivity contribution < 1.29 is 10.2 Å². The average Bonchev–Trinajstić information content (AvgIpc) is 3.02. The lowest BCUT2D eigenvalue weighted by Gasteiger charge is -2.15. The van der Waals surface area contributed by atoms with E-state index in [1.165, 1.54) is 32.1 Å². The molecule has 2 aliphatic rings. The second-order valence-corrected chi connectivity index (χ2v) is 4.49. The summed E-state index contributed by atoms with van der Waals surface area (Å²) in [6, 6.07) is 0.536. The molecule has 0 aromatic rings. The number of nitrogens with two attached hydrogens (primary N) is 1. The van der Waals surface area contributed by atoms with Crippen LogP contribution >= 0.6 is 0 Å². The van der Waals surface area contributed by atoms with Gasteiger partial charge in [-0.05, 0) is 31.6 Å². The molecule has 3 heteroatoms. The number of rotatable bonds is 2. The zero-order valence-electron chi connectivity index (χ0n) is 8.86. The molecule has 0 heterocycles.